The van der Waals surface area contributed by atoms with Crippen molar-refractivity contribution in [3.63, 3.8) is 0 Å². The molecule has 1 aromatic heterocycles. The number of benzene rings is 1. The zero-order valence-corrected chi connectivity index (χ0v) is 16.5. The van der Waals surface area contributed by atoms with Crippen LogP contribution in [0.25, 0.3) is 0 Å². The topological polar surface area (TPSA) is 67.2 Å². The van der Waals surface area contributed by atoms with Crippen LogP contribution in [0.5, 0.6) is 0 Å². The standard InChI is InChI=1S/C20H27FN6O/c1-25(2)20(19-22-23-24-27(19)17-8-3-4-9-17)10-11-26(14-20)18(28)13-15-6-5-7-16(21)12-15/h5-7,12,17H,3-4,8-11,13-14H2,1-2H3. The van der Waals surface area contributed by atoms with Crippen molar-refractivity contribution in [3.8, 4) is 0 Å². The highest BCUT2D eigenvalue weighted by Gasteiger charge is 2.47. The van der Waals surface area contributed by atoms with E-state index in [0.717, 1.165) is 25.1 Å². The summed E-state index contributed by atoms with van der Waals surface area (Å²) in [6, 6.07) is 6.59. The average molecular weight is 386 g/mol. The minimum absolute atomic E-state index is 0.00853. The van der Waals surface area contributed by atoms with Gasteiger partial charge in [-0.15, -0.1) is 5.10 Å². The molecule has 2 aromatic rings. The molecule has 0 spiro atoms. The number of hydrogen-bond acceptors (Lipinski definition) is 5. The molecule has 1 unspecified atom stereocenters. The van der Waals surface area contributed by atoms with Crippen molar-refractivity contribution in [1.82, 2.24) is 30.0 Å². The van der Waals surface area contributed by atoms with Crippen LogP contribution >= 0.6 is 0 Å². The molecule has 7 nitrogen and oxygen atoms in total. The van der Waals surface area contributed by atoms with Gasteiger partial charge in [0.15, 0.2) is 5.82 Å². The first kappa shape index (κ1) is 19.0. The fourth-order valence-electron chi connectivity index (χ4n) is 4.58. The number of likely N-dealkylation sites (N-methyl/N-ethyl adjacent to an activating group) is 1. The molecular formula is C20H27FN6O. The van der Waals surface area contributed by atoms with Gasteiger partial charge >= 0.3 is 0 Å². The van der Waals surface area contributed by atoms with Crippen LogP contribution in [0.2, 0.25) is 0 Å². The van der Waals surface area contributed by atoms with Gasteiger partial charge in [-0.2, -0.15) is 0 Å². The molecule has 4 rings (SSSR count). The Morgan fingerprint density at radius 3 is 2.82 bits per heavy atom. The summed E-state index contributed by atoms with van der Waals surface area (Å²) in [5.74, 6) is 0.546. The van der Waals surface area contributed by atoms with Crippen molar-refractivity contribution in [2.75, 3.05) is 27.2 Å². The molecule has 150 valence electrons. The van der Waals surface area contributed by atoms with Gasteiger partial charge in [-0.1, -0.05) is 25.0 Å². The fraction of sp³-hybridized carbons (Fsp3) is 0.600. The van der Waals surface area contributed by atoms with Gasteiger partial charge in [0.05, 0.1) is 12.5 Å². The lowest BCUT2D eigenvalue weighted by molar-refractivity contribution is -0.130. The van der Waals surface area contributed by atoms with Gasteiger partial charge in [-0.3, -0.25) is 9.69 Å². The number of amides is 1. The van der Waals surface area contributed by atoms with Gasteiger partial charge in [-0.05, 0) is 61.5 Å². The van der Waals surface area contributed by atoms with Crippen LogP contribution in [0, 0.1) is 5.82 Å². The number of aromatic nitrogens is 4. The Kier molecular flexibility index (Phi) is 5.14. The molecule has 0 N–H and O–H groups in total. The first-order valence-electron chi connectivity index (χ1n) is 9.97. The van der Waals surface area contributed by atoms with E-state index in [9.17, 15) is 9.18 Å². The van der Waals surface area contributed by atoms with Crippen molar-refractivity contribution in [2.24, 2.45) is 0 Å². The van der Waals surface area contributed by atoms with Crippen LogP contribution in [0.3, 0.4) is 0 Å². The Balaban J connectivity index is 1.55. The Labute approximate surface area is 164 Å². The van der Waals surface area contributed by atoms with Crippen molar-refractivity contribution < 1.29 is 9.18 Å². The van der Waals surface area contributed by atoms with E-state index in [1.807, 2.05) is 23.7 Å². The Bertz CT molecular complexity index is 847. The molecule has 0 bridgehead atoms. The van der Waals surface area contributed by atoms with Crippen molar-refractivity contribution >= 4 is 5.91 Å². The molecule has 1 saturated heterocycles. The highest BCUT2D eigenvalue weighted by Crippen LogP contribution is 2.38. The largest absolute Gasteiger partial charge is 0.340 e. The molecule has 1 aromatic carbocycles. The van der Waals surface area contributed by atoms with Crippen LogP contribution in [-0.4, -0.2) is 63.1 Å². The second kappa shape index (κ2) is 7.58. The lowest BCUT2D eigenvalue weighted by atomic mass is 9.95. The molecule has 28 heavy (non-hydrogen) atoms. The summed E-state index contributed by atoms with van der Waals surface area (Å²) < 4.78 is 15.4. The van der Waals surface area contributed by atoms with Gasteiger partial charge in [0.1, 0.15) is 11.4 Å². The summed E-state index contributed by atoms with van der Waals surface area (Å²) in [7, 11) is 4.04. The molecule has 8 heteroatoms. The van der Waals surface area contributed by atoms with E-state index in [0.29, 0.717) is 24.7 Å². The average Bonchev–Trinajstić information content (AvgIpc) is 3.40. The molecule has 1 amide bonds. The van der Waals surface area contributed by atoms with Crippen LogP contribution < -0.4 is 0 Å². The highest BCUT2D eigenvalue weighted by molar-refractivity contribution is 5.79. The van der Waals surface area contributed by atoms with Gasteiger partial charge < -0.3 is 4.90 Å². The summed E-state index contributed by atoms with van der Waals surface area (Å²) in [4.78, 5) is 16.9. The van der Waals surface area contributed by atoms with E-state index < -0.39 is 5.54 Å². The summed E-state index contributed by atoms with van der Waals surface area (Å²) in [5.41, 5.74) is 0.298. The van der Waals surface area contributed by atoms with Gasteiger partial charge in [0.25, 0.3) is 0 Å². The molecule has 1 aliphatic heterocycles. The van der Waals surface area contributed by atoms with Gasteiger partial charge in [-0.25, -0.2) is 9.07 Å². The van der Waals surface area contributed by atoms with E-state index >= 15 is 0 Å². The molecule has 0 radical (unpaired) electrons. The number of hydrogen-bond donors (Lipinski definition) is 0. The first-order chi connectivity index (χ1) is 13.5. The lowest BCUT2D eigenvalue weighted by Crippen LogP contribution is -2.47. The number of nitrogens with zero attached hydrogens (tertiary/aromatic N) is 6. The lowest BCUT2D eigenvalue weighted by Gasteiger charge is -2.35. The van der Waals surface area contributed by atoms with Crippen LogP contribution in [-0.2, 0) is 16.8 Å². The third-order valence-corrected chi connectivity index (χ3v) is 6.28. The summed E-state index contributed by atoms with van der Waals surface area (Å²) in [6.07, 6.45) is 5.60. The SMILES string of the molecule is CN(C)C1(c2nnnn2C2CCCC2)CCN(C(=O)Cc2cccc(F)c2)C1. The van der Waals surface area contributed by atoms with E-state index in [4.69, 9.17) is 0 Å². The maximum atomic E-state index is 13.4. The van der Waals surface area contributed by atoms with Crippen molar-refractivity contribution in [3.05, 3.63) is 41.5 Å². The van der Waals surface area contributed by atoms with Crippen molar-refractivity contribution in [1.29, 1.82) is 0 Å². The quantitative estimate of drug-likeness (QED) is 0.788. The zero-order chi connectivity index (χ0) is 19.7. The number of halogens is 1. The van der Waals surface area contributed by atoms with E-state index in [1.54, 1.807) is 12.1 Å². The second-order valence-corrected chi connectivity index (χ2v) is 8.18. The fourth-order valence-corrected chi connectivity index (χ4v) is 4.58. The molecule has 2 fully saturated rings. The maximum absolute atomic E-state index is 13.4. The van der Waals surface area contributed by atoms with Gasteiger partial charge in [0, 0.05) is 13.1 Å². The maximum Gasteiger partial charge on any atom is 0.227 e. The van der Waals surface area contributed by atoms with Crippen molar-refractivity contribution in [2.45, 2.75) is 50.1 Å². The number of tetrazole rings is 1. The van der Waals surface area contributed by atoms with E-state index in [-0.39, 0.29) is 18.1 Å². The normalized spacial score (nSPS) is 23.1. The summed E-state index contributed by atoms with van der Waals surface area (Å²) in [5, 5.41) is 12.7. The van der Waals surface area contributed by atoms with E-state index in [1.165, 1.54) is 25.0 Å². The third kappa shape index (κ3) is 3.41. The Morgan fingerprint density at radius 1 is 1.32 bits per heavy atom. The number of likely N-dealkylation sites (tertiary alicyclic amines) is 1. The molecule has 2 aliphatic rings. The van der Waals surface area contributed by atoms with Gasteiger partial charge in [0.2, 0.25) is 5.91 Å². The predicted molar refractivity (Wildman–Crippen MR) is 102 cm³/mol. The second-order valence-electron chi connectivity index (χ2n) is 8.18. The summed E-state index contributed by atoms with van der Waals surface area (Å²) in [6.45, 7) is 1.19. The monoisotopic (exact) mass is 386 g/mol. The first-order valence-corrected chi connectivity index (χ1v) is 9.97. The van der Waals surface area contributed by atoms with E-state index in [2.05, 4.69) is 20.4 Å². The third-order valence-electron chi connectivity index (χ3n) is 6.28. The minimum Gasteiger partial charge on any atom is -0.340 e. The minimum atomic E-state index is -0.399. The Morgan fingerprint density at radius 2 is 2.11 bits per heavy atom. The number of carbonyl (C=O) groups is 1. The predicted octanol–water partition coefficient (Wildman–Crippen LogP) is 2.16. The summed E-state index contributed by atoms with van der Waals surface area (Å²) >= 11 is 0. The highest BCUT2D eigenvalue weighted by atomic mass is 19.1. The molecule has 2 heterocycles. The number of rotatable bonds is 5. The zero-order valence-electron chi connectivity index (χ0n) is 16.5. The molecule has 1 saturated carbocycles. The van der Waals surface area contributed by atoms with Crippen LogP contribution in [0.15, 0.2) is 24.3 Å². The molecular weight excluding hydrogens is 359 g/mol. The van der Waals surface area contributed by atoms with Crippen LogP contribution in [0.4, 0.5) is 4.39 Å². The molecule has 1 aliphatic carbocycles. The number of carbonyl (C=O) groups excluding carboxylic acids is 1. The molecule has 1 atom stereocenters. The van der Waals surface area contributed by atoms with Crippen LogP contribution in [0.1, 0.15) is 49.5 Å². The smallest absolute Gasteiger partial charge is 0.227 e. The Hall–Kier alpha value is -2.35.